The van der Waals surface area contributed by atoms with E-state index in [1.807, 2.05) is 0 Å². The van der Waals surface area contributed by atoms with Crippen LogP contribution in [0.3, 0.4) is 0 Å². The fourth-order valence-electron chi connectivity index (χ4n) is 1.61. The zero-order chi connectivity index (χ0) is 15.9. The van der Waals surface area contributed by atoms with Crippen LogP contribution in [0.25, 0.3) is 0 Å². The quantitative estimate of drug-likeness (QED) is 0.674. The molecule has 0 fully saturated rings. The molecule has 1 rings (SSSR count). The Balaban J connectivity index is 2.74. The van der Waals surface area contributed by atoms with Crippen LogP contribution in [0.5, 0.6) is 0 Å². The van der Waals surface area contributed by atoms with Crippen molar-refractivity contribution in [2.75, 3.05) is 20.1 Å². The average molecular weight is 288 g/mol. The lowest BCUT2D eigenvalue weighted by Gasteiger charge is -2.22. The number of nitrogens with zero attached hydrogens (tertiary/aromatic N) is 1. The zero-order valence-corrected chi connectivity index (χ0v) is 12.5. The Morgan fingerprint density at radius 3 is 2.71 bits per heavy atom. The van der Waals surface area contributed by atoms with Gasteiger partial charge in [-0.2, -0.15) is 0 Å². The van der Waals surface area contributed by atoms with Gasteiger partial charge in [0.25, 0.3) is 5.91 Å². The molecule has 2 amide bonds. The maximum atomic E-state index is 12.1. The molecule has 1 aromatic rings. The first-order valence-corrected chi connectivity index (χ1v) is 6.55. The average Bonchev–Trinajstić information content (AvgIpc) is 2.50. The minimum atomic E-state index is -0.686. The summed E-state index contributed by atoms with van der Waals surface area (Å²) in [7, 11) is 1.56. The van der Waals surface area contributed by atoms with Crippen LogP contribution in [-0.4, -0.2) is 36.9 Å². The third kappa shape index (κ3) is 4.89. The lowest BCUT2D eigenvalue weighted by atomic mass is 9.92. The molecular weight excluding hydrogens is 268 g/mol. The standard InChI is InChI=1S/C15H20N4O2/c1-15(2,14(21)17-3)10-19-13(20)12-7-11(5-4-6-16)8-18-9-12/h7-9H,6,10,16H2,1-3H3,(H,17,21)(H,19,20). The second-order valence-electron chi connectivity index (χ2n) is 5.11. The monoisotopic (exact) mass is 288 g/mol. The van der Waals surface area contributed by atoms with E-state index in [1.54, 1.807) is 33.2 Å². The number of carbonyl (C=O) groups excluding carboxylic acids is 2. The van der Waals surface area contributed by atoms with Crippen molar-refractivity contribution in [3.63, 3.8) is 0 Å². The smallest absolute Gasteiger partial charge is 0.252 e. The zero-order valence-electron chi connectivity index (χ0n) is 12.5. The van der Waals surface area contributed by atoms with Gasteiger partial charge in [0, 0.05) is 31.5 Å². The van der Waals surface area contributed by atoms with Crippen LogP contribution in [-0.2, 0) is 4.79 Å². The van der Waals surface area contributed by atoms with Gasteiger partial charge in [-0.25, -0.2) is 0 Å². The summed E-state index contributed by atoms with van der Waals surface area (Å²) in [6.45, 7) is 3.99. The molecule has 0 aliphatic carbocycles. The molecule has 0 bridgehead atoms. The first-order chi connectivity index (χ1) is 9.90. The topological polar surface area (TPSA) is 97.1 Å². The fraction of sp³-hybridized carbons (Fsp3) is 0.400. The highest BCUT2D eigenvalue weighted by molar-refractivity contribution is 5.94. The highest BCUT2D eigenvalue weighted by Gasteiger charge is 2.27. The van der Waals surface area contributed by atoms with Gasteiger partial charge in [0.05, 0.1) is 17.5 Å². The van der Waals surface area contributed by atoms with Crippen LogP contribution in [0.1, 0.15) is 29.8 Å². The molecule has 0 radical (unpaired) electrons. The van der Waals surface area contributed by atoms with Crippen LogP contribution >= 0.6 is 0 Å². The number of amides is 2. The van der Waals surface area contributed by atoms with Crippen LogP contribution in [0, 0.1) is 17.3 Å². The molecule has 0 spiro atoms. The molecule has 0 saturated heterocycles. The highest BCUT2D eigenvalue weighted by Crippen LogP contribution is 2.13. The summed E-state index contributed by atoms with van der Waals surface area (Å²) < 4.78 is 0. The van der Waals surface area contributed by atoms with Gasteiger partial charge in [0.2, 0.25) is 5.91 Å². The number of hydrogen-bond donors (Lipinski definition) is 3. The molecular formula is C15H20N4O2. The summed E-state index contributed by atoms with van der Waals surface area (Å²) in [5.74, 6) is 5.09. The maximum absolute atomic E-state index is 12.1. The van der Waals surface area contributed by atoms with Gasteiger partial charge in [-0.3, -0.25) is 14.6 Å². The molecule has 0 atom stereocenters. The Morgan fingerprint density at radius 2 is 2.10 bits per heavy atom. The summed E-state index contributed by atoms with van der Waals surface area (Å²) in [6, 6.07) is 1.64. The lowest BCUT2D eigenvalue weighted by Crippen LogP contribution is -2.43. The predicted molar refractivity (Wildman–Crippen MR) is 80.4 cm³/mol. The Kier molecular flexibility index (Phi) is 5.88. The van der Waals surface area contributed by atoms with E-state index >= 15 is 0 Å². The van der Waals surface area contributed by atoms with Crippen molar-refractivity contribution in [2.45, 2.75) is 13.8 Å². The first-order valence-electron chi connectivity index (χ1n) is 6.55. The SMILES string of the molecule is CNC(=O)C(C)(C)CNC(=O)c1cncc(C#CCN)c1. The largest absolute Gasteiger partial charge is 0.359 e. The maximum Gasteiger partial charge on any atom is 0.252 e. The molecule has 21 heavy (non-hydrogen) atoms. The molecule has 1 aromatic heterocycles. The summed E-state index contributed by atoms with van der Waals surface area (Å²) in [6.07, 6.45) is 3.02. The normalized spacial score (nSPS) is 10.3. The van der Waals surface area contributed by atoms with Gasteiger partial charge in [-0.15, -0.1) is 0 Å². The van der Waals surface area contributed by atoms with Crippen LogP contribution in [0.15, 0.2) is 18.5 Å². The van der Waals surface area contributed by atoms with E-state index in [-0.39, 0.29) is 24.9 Å². The third-order valence-corrected chi connectivity index (χ3v) is 2.87. The first kappa shape index (κ1) is 16.7. The molecule has 0 aromatic carbocycles. The lowest BCUT2D eigenvalue weighted by molar-refractivity contribution is -0.128. The van der Waals surface area contributed by atoms with Crippen molar-refractivity contribution in [3.8, 4) is 11.8 Å². The van der Waals surface area contributed by atoms with Gasteiger partial charge in [0.15, 0.2) is 0 Å². The second kappa shape index (κ2) is 7.41. The fourth-order valence-corrected chi connectivity index (χ4v) is 1.61. The van der Waals surface area contributed by atoms with Crippen LogP contribution < -0.4 is 16.4 Å². The number of nitrogens with one attached hydrogen (secondary N) is 2. The van der Waals surface area contributed by atoms with E-state index in [1.165, 1.54) is 6.20 Å². The van der Waals surface area contributed by atoms with E-state index in [0.717, 1.165) is 0 Å². The number of rotatable bonds is 4. The third-order valence-electron chi connectivity index (χ3n) is 2.87. The Labute approximate surface area is 124 Å². The van der Waals surface area contributed by atoms with Gasteiger partial charge in [-0.05, 0) is 19.9 Å². The van der Waals surface area contributed by atoms with Crippen molar-refractivity contribution < 1.29 is 9.59 Å². The number of nitrogens with two attached hydrogens (primary N) is 1. The molecule has 0 aliphatic rings. The van der Waals surface area contributed by atoms with Crippen LogP contribution in [0.4, 0.5) is 0 Å². The minimum absolute atomic E-state index is 0.136. The van der Waals surface area contributed by atoms with Crippen molar-refractivity contribution in [2.24, 2.45) is 11.1 Å². The van der Waals surface area contributed by atoms with Crippen molar-refractivity contribution in [3.05, 3.63) is 29.6 Å². The molecule has 6 nitrogen and oxygen atoms in total. The molecule has 0 saturated carbocycles. The van der Waals surface area contributed by atoms with Gasteiger partial charge < -0.3 is 16.4 Å². The summed E-state index contributed by atoms with van der Waals surface area (Å²) in [4.78, 5) is 27.7. The number of aromatic nitrogens is 1. The van der Waals surface area contributed by atoms with Crippen molar-refractivity contribution >= 4 is 11.8 Å². The van der Waals surface area contributed by atoms with E-state index in [0.29, 0.717) is 11.1 Å². The summed E-state index contributed by atoms with van der Waals surface area (Å²) in [5, 5.41) is 5.29. The van der Waals surface area contributed by atoms with E-state index in [2.05, 4.69) is 27.5 Å². The Morgan fingerprint density at radius 1 is 1.38 bits per heavy atom. The van der Waals surface area contributed by atoms with Gasteiger partial charge >= 0.3 is 0 Å². The molecule has 112 valence electrons. The Hall–Kier alpha value is -2.39. The summed E-state index contributed by atoms with van der Waals surface area (Å²) in [5.41, 5.74) is 5.63. The van der Waals surface area contributed by atoms with Crippen molar-refractivity contribution in [1.29, 1.82) is 0 Å². The molecule has 0 unspecified atom stereocenters. The van der Waals surface area contributed by atoms with Crippen LogP contribution in [0.2, 0.25) is 0 Å². The minimum Gasteiger partial charge on any atom is -0.359 e. The molecule has 1 heterocycles. The number of hydrogen-bond acceptors (Lipinski definition) is 4. The summed E-state index contributed by atoms with van der Waals surface area (Å²) >= 11 is 0. The number of carbonyl (C=O) groups is 2. The predicted octanol–water partition coefficient (Wildman–Crippen LogP) is -0.106. The van der Waals surface area contributed by atoms with Crippen molar-refractivity contribution in [1.82, 2.24) is 15.6 Å². The Bertz CT molecular complexity index is 585. The molecule has 6 heteroatoms. The second-order valence-corrected chi connectivity index (χ2v) is 5.11. The molecule has 0 aliphatic heterocycles. The van der Waals surface area contributed by atoms with E-state index in [4.69, 9.17) is 5.73 Å². The van der Waals surface area contributed by atoms with E-state index in [9.17, 15) is 9.59 Å². The highest BCUT2D eigenvalue weighted by atomic mass is 16.2. The number of pyridine rings is 1. The van der Waals surface area contributed by atoms with E-state index < -0.39 is 5.41 Å². The van der Waals surface area contributed by atoms with Gasteiger partial charge in [0.1, 0.15) is 0 Å². The molecule has 4 N–H and O–H groups in total. The van der Waals surface area contributed by atoms with Gasteiger partial charge in [-0.1, -0.05) is 11.8 Å².